The van der Waals surface area contributed by atoms with E-state index in [1.54, 1.807) is 0 Å². The van der Waals surface area contributed by atoms with Crippen molar-refractivity contribution in [3.8, 4) is 11.8 Å². The highest BCUT2D eigenvalue weighted by molar-refractivity contribution is 7.92. The number of alkyl halides is 3. The minimum atomic E-state index is -5.72. The van der Waals surface area contributed by atoms with Gasteiger partial charge in [0.2, 0.25) is 0 Å². The maximum absolute atomic E-state index is 12.9. The zero-order chi connectivity index (χ0) is 25.6. The molecule has 0 atom stereocenters. The minimum Gasteiger partial charge on any atom is -0.491 e. The predicted octanol–water partition coefficient (Wildman–Crippen LogP) is 3.86. The van der Waals surface area contributed by atoms with Gasteiger partial charge in [0, 0.05) is 37.1 Å². The Morgan fingerprint density at radius 1 is 1.14 bits per heavy atom. The van der Waals surface area contributed by atoms with Gasteiger partial charge in [-0.3, -0.25) is 4.90 Å². The zero-order valence-corrected chi connectivity index (χ0v) is 19.6. The highest BCUT2D eigenvalue weighted by Crippen LogP contribution is 2.35. The molecule has 0 aliphatic carbocycles. The molecule has 2 amide bonds. The molecular weight excluding hydrogens is 513 g/mol. The van der Waals surface area contributed by atoms with Crippen LogP contribution in [0.3, 0.4) is 0 Å². The molecule has 1 aliphatic rings. The summed E-state index contributed by atoms with van der Waals surface area (Å²) in [6, 6.07) is 8.13. The number of halogens is 4. The molecule has 1 fully saturated rings. The topological polar surface area (TPSA) is 121 Å². The number of benzene rings is 2. The monoisotopic (exact) mass is 532 g/mol. The molecule has 2 aromatic rings. The number of rotatable bonds is 7. The number of ether oxygens (including phenoxy) is 2. The SMILES string of the molecule is N#Cc1ccc(NC(=O)Nc2ccc(Cl)c(S(=O)(=O)C(F)(F)F)c2)cc1OCCN1CCOCC1. The molecule has 188 valence electrons. The molecule has 9 nitrogen and oxygen atoms in total. The lowest BCUT2D eigenvalue weighted by atomic mass is 10.2. The van der Waals surface area contributed by atoms with Crippen molar-refractivity contribution in [2.75, 3.05) is 50.1 Å². The smallest absolute Gasteiger partial charge is 0.491 e. The lowest BCUT2D eigenvalue weighted by molar-refractivity contribution is -0.0435. The number of hydrogen-bond acceptors (Lipinski definition) is 7. The Balaban J connectivity index is 1.67. The average molecular weight is 533 g/mol. The Labute approximate surface area is 204 Å². The maximum Gasteiger partial charge on any atom is 0.501 e. The van der Waals surface area contributed by atoms with Crippen molar-refractivity contribution in [3.63, 3.8) is 0 Å². The van der Waals surface area contributed by atoms with Crippen LogP contribution in [0.4, 0.5) is 29.3 Å². The van der Waals surface area contributed by atoms with E-state index in [9.17, 15) is 31.6 Å². The van der Waals surface area contributed by atoms with Gasteiger partial charge in [0.15, 0.2) is 0 Å². The summed E-state index contributed by atoms with van der Waals surface area (Å²) in [5.74, 6) is 0.239. The second kappa shape index (κ2) is 11.1. The van der Waals surface area contributed by atoms with E-state index in [0.29, 0.717) is 32.4 Å². The lowest BCUT2D eigenvalue weighted by Gasteiger charge is -2.26. The molecule has 1 saturated heterocycles. The summed E-state index contributed by atoms with van der Waals surface area (Å²) in [5, 5.41) is 13.4. The molecule has 1 heterocycles. The lowest BCUT2D eigenvalue weighted by Crippen LogP contribution is -2.38. The molecule has 0 aromatic heterocycles. The van der Waals surface area contributed by atoms with Crippen molar-refractivity contribution in [3.05, 3.63) is 47.0 Å². The van der Waals surface area contributed by atoms with Crippen molar-refractivity contribution < 1.29 is 35.9 Å². The molecule has 2 aromatic carbocycles. The second-order valence-electron chi connectivity index (χ2n) is 7.30. The zero-order valence-electron chi connectivity index (χ0n) is 18.1. The number of carbonyl (C=O) groups is 1. The van der Waals surface area contributed by atoms with Gasteiger partial charge in [-0.05, 0) is 30.3 Å². The van der Waals surface area contributed by atoms with Crippen LogP contribution in [0.2, 0.25) is 5.02 Å². The summed E-state index contributed by atoms with van der Waals surface area (Å²) < 4.78 is 73.0. The number of carbonyl (C=O) groups excluding carboxylic acids is 1. The molecule has 14 heteroatoms. The molecule has 0 radical (unpaired) electrons. The van der Waals surface area contributed by atoms with Crippen LogP contribution in [0.5, 0.6) is 5.75 Å². The molecule has 0 saturated carbocycles. The fourth-order valence-corrected chi connectivity index (χ4v) is 4.41. The van der Waals surface area contributed by atoms with Gasteiger partial charge >= 0.3 is 11.5 Å². The van der Waals surface area contributed by atoms with E-state index in [1.165, 1.54) is 18.2 Å². The Hall–Kier alpha value is -3.05. The van der Waals surface area contributed by atoms with Gasteiger partial charge in [0.1, 0.15) is 18.4 Å². The predicted molar refractivity (Wildman–Crippen MR) is 121 cm³/mol. The number of nitrogens with one attached hydrogen (secondary N) is 2. The first kappa shape index (κ1) is 26.6. The number of urea groups is 1. The highest BCUT2D eigenvalue weighted by Gasteiger charge is 2.48. The van der Waals surface area contributed by atoms with E-state index in [2.05, 4.69) is 15.5 Å². The summed E-state index contributed by atoms with van der Waals surface area (Å²) >= 11 is 5.63. The molecule has 1 aliphatic heterocycles. The fourth-order valence-electron chi connectivity index (χ4n) is 3.13. The van der Waals surface area contributed by atoms with E-state index in [4.69, 9.17) is 21.1 Å². The van der Waals surface area contributed by atoms with Crippen LogP contribution < -0.4 is 15.4 Å². The summed E-state index contributed by atoms with van der Waals surface area (Å²) in [6.45, 7) is 3.72. The van der Waals surface area contributed by atoms with Crippen molar-refractivity contribution in [2.45, 2.75) is 10.4 Å². The van der Waals surface area contributed by atoms with E-state index in [1.807, 2.05) is 6.07 Å². The molecule has 35 heavy (non-hydrogen) atoms. The number of sulfone groups is 1. The van der Waals surface area contributed by atoms with Crippen LogP contribution in [0, 0.1) is 11.3 Å². The normalized spacial score (nSPS) is 14.7. The van der Waals surface area contributed by atoms with Gasteiger partial charge in [-0.15, -0.1) is 0 Å². The van der Waals surface area contributed by atoms with Gasteiger partial charge in [0.25, 0.3) is 9.84 Å². The van der Waals surface area contributed by atoms with Gasteiger partial charge < -0.3 is 20.1 Å². The Morgan fingerprint density at radius 3 is 2.40 bits per heavy atom. The van der Waals surface area contributed by atoms with E-state index >= 15 is 0 Å². The number of amides is 2. The first-order chi connectivity index (χ1) is 16.5. The van der Waals surface area contributed by atoms with E-state index in [-0.39, 0.29) is 22.7 Å². The standard InChI is InChI=1S/C21H20ClF3N4O5S/c22-17-4-3-16(12-19(17)35(31,32)21(23,24)25)28-20(30)27-15-2-1-14(13-26)18(11-15)34-10-7-29-5-8-33-9-6-29/h1-4,11-12H,5-10H2,(H2,27,28,30). The highest BCUT2D eigenvalue weighted by atomic mass is 35.5. The van der Waals surface area contributed by atoms with Gasteiger partial charge in [-0.1, -0.05) is 11.6 Å². The van der Waals surface area contributed by atoms with Crippen molar-refractivity contribution >= 4 is 38.8 Å². The molecule has 0 bridgehead atoms. The van der Waals surface area contributed by atoms with Crippen LogP contribution in [0.1, 0.15) is 5.56 Å². The fraction of sp³-hybridized carbons (Fsp3) is 0.333. The van der Waals surface area contributed by atoms with E-state index < -0.39 is 31.3 Å². The van der Waals surface area contributed by atoms with Crippen LogP contribution in [0.15, 0.2) is 41.3 Å². The third-order valence-corrected chi connectivity index (χ3v) is 6.88. The third kappa shape index (κ3) is 6.76. The maximum atomic E-state index is 12.9. The first-order valence-corrected chi connectivity index (χ1v) is 12.0. The molecular formula is C21H20ClF3N4O5S. The molecule has 3 rings (SSSR count). The van der Waals surface area contributed by atoms with E-state index in [0.717, 1.165) is 25.2 Å². The summed E-state index contributed by atoms with van der Waals surface area (Å²) in [4.78, 5) is 13.3. The summed E-state index contributed by atoms with van der Waals surface area (Å²) in [6.07, 6.45) is 0. The van der Waals surface area contributed by atoms with Crippen LogP contribution in [-0.4, -0.2) is 64.3 Å². The van der Waals surface area contributed by atoms with Crippen molar-refractivity contribution in [2.24, 2.45) is 0 Å². The summed E-state index contributed by atoms with van der Waals surface area (Å²) in [7, 11) is -5.72. The van der Waals surface area contributed by atoms with Crippen molar-refractivity contribution in [1.82, 2.24) is 4.90 Å². The van der Waals surface area contributed by atoms with Crippen molar-refractivity contribution in [1.29, 1.82) is 5.26 Å². The van der Waals surface area contributed by atoms with Crippen LogP contribution in [-0.2, 0) is 14.6 Å². The minimum absolute atomic E-state index is 0.231. The molecule has 0 unspecified atom stereocenters. The molecule has 2 N–H and O–H groups in total. The third-order valence-electron chi connectivity index (χ3n) is 4.91. The first-order valence-electron chi connectivity index (χ1n) is 10.2. The quantitative estimate of drug-likeness (QED) is 0.555. The molecule has 0 spiro atoms. The Bertz CT molecular complexity index is 1230. The summed E-state index contributed by atoms with van der Waals surface area (Å²) in [5.41, 5.74) is -5.30. The number of hydrogen-bond donors (Lipinski definition) is 2. The van der Waals surface area contributed by atoms with Crippen LogP contribution >= 0.6 is 11.6 Å². The number of morpholine rings is 1. The number of nitrogens with zero attached hydrogens (tertiary/aromatic N) is 2. The Kier molecular flexibility index (Phi) is 8.44. The van der Waals surface area contributed by atoms with Gasteiger partial charge in [-0.2, -0.15) is 18.4 Å². The largest absolute Gasteiger partial charge is 0.501 e. The van der Waals surface area contributed by atoms with Gasteiger partial charge in [0.05, 0.1) is 28.7 Å². The Morgan fingerprint density at radius 2 is 1.77 bits per heavy atom. The average Bonchev–Trinajstić information content (AvgIpc) is 2.80. The second-order valence-corrected chi connectivity index (χ2v) is 9.62. The van der Waals surface area contributed by atoms with Crippen LogP contribution in [0.25, 0.3) is 0 Å². The number of anilines is 2. The number of nitriles is 1. The van der Waals surface area contributed by atoms with Gasteiger partial charge in [-0.25, -0.2) is 13.2 Å².